The van der Waals surface area contributed by atoms with Crippen molar-refractivity contribution >= 4 is 27.3 Å². The SMILES string of the molecule is CC(=O)c1cc(OC2CC2)c2nc(C(F)F)sc2c1. The van der Waals surface area contributed by atoms with Crippen LogP contribution in [0.1, 0.15) is 41.6 Å². The van der Waals surface area contributed by atoms with Crippen LogP contribution in [-0.2, 0) is 0 Å². The summed E-state index contributed by atoms with van der Waals surface area (Å²) in [6, 6.07) is 3.19. The standard InChI is InChI=1S/C13H11F2NO2S/c1-6(17)7-4-9(18-8-2-3-8)11-10(5-7)19-13(16-11)12(14)15/h4-5,8,12H,2-3H2,1H3. The highest BCUT2D eigenvalue weighted by Crippen LogP contribution is 2.37. The number of carbonyl (C=O) groups is 1. The van der Waals surface area contributed by atoms with Gasteiger partial charge in [0.1, 0.15) is 11.3 Å². The lowest BCUT2D eigenvalue weighted by molar-refractivity contribution is 0.101. The van der Waals surface area contributed by atoms with Gasteiger partial charge in [-0.05, 0) is 31.9 Å². The minimum absolute atomic E-state index is 0.116. The molecule has 3 rings (SSSR count). The number of hydrogen-bond donors (Lipinski definition) is 0. The molecule has 1 fully saturated rings. The number of thiazole rings is 1. The van der Waals surface area contributed by atoms with Crippen molar-refractivity contribution < 1.29 is 18.3 Å². The maximum atomic E-state index is 12.7. The van der Waals surface area contributed by atoms with E-state index in [2.05, 4.69) is 4.98 Å². The molecule has 6 heteroatoms. The number of halogens is 2. The van der Waals surface area contributed by atoms with Crippen LogP contribution >= 0.6 is 11.3 Å². The smallest absolute Gasteiger partial charge is 0.289 e. The van der Waals surface area contributed by atoms with Gasteiger partial charge in [-0.3, -0.25) is 4.79 Å². The van der Waals surface area contributed by atoms with Gasteiger partial charge in [-0.25, -0.2) is 13.8 Å². The first-order valence-corrected chi connectivity index (χ1v) is 6.76. The monoisotopic (exact) mass is 283 g/mol. The number of benzene rings is 1. The van der Waals surface area contributed by atoms with Gasteiger partial charge in [-0.15, -0.1) is 11.3 Å². The molecule has 0 spiro atoms. The van der Waals surface area contributed by atoms with E-state index < -0.39 is 6.43 Å². The Kier molecular flexibility index (Phi) is 2.97. The molecule has 2 aromatic rings. The lowest BCUT2D eigenvalue weighted by atomic mass is 10.1. The van der Waals surface area contributed by atoms with Crippen molar-refractivity contribution in [3.63, 3.8) is 0 Å². The van der Waals surface area contributed by atoms with Crippen LogP contribution in [0.15, 0.2) is 12.1 Å². The van der Waals surface area contributed by atoms with Crippen LogP contribution in [0.3, 0.4) is 0 Å². The number of carbonyl (C=O) groups excluding carboxylic acids is 1. The molecular weight excluding hydrogens is 272 g/mol. The fourth-order valence-corrected chi connectivity index (χ4v) is 2.65. The lowest BCUT2D eigenvalue weighted by Crippen LogP contribution is -1.99. The molecule has 100 valence electrons. The van der Waals surface area contributed by atoms with Gasteiger partial charge >= 0.3 is 0 Å². The van der Waals surface area contributed by atoms with Gasteiger partial charge in [0.2, 0.25) is 0 Å². The Hall–Kier alpha value is -1.56. The Morgan fingerprint density at radius 2 is 2.21 bits per heavy atom. The number of fused-ring (bicyclic) bond motifs is 1. The van der Waals surface area contributed by atoms with Gasteiger partial charge in [0.15, 0.2) is 10.8 Å². The zero-order valence-electron chi connectivity index (χ0n) is 10.2. The highest BCUT2D eigenvalue weighted by Gasteiger charge is 2.26. The van der Waals surface area contributed by atoms with Gasteiger partial charge in [-0.2, -0.15) is 0 Å². The minimum atomic E-state index is -2.60. The Morgan fingerprint density at radius 3 is 2.79 bits per heavy atom. The number of aromatic nitrogens is 1. The van der Waals surface area contributed by atoms with E-state index in [0.717, 1.165) is 24.2 Å². The Bertz CT molecular complexity index is 649. The lowest BCUT2D eigenvalue weighted by Gasteiger charge is -2.06. The second-order valence-electron chi connectivity index (χ2n) is 4.55. The Balaban J connectivity index is 2.14. The van der Waals surface area contributed by atoms with Crippen molar-refractivity contribution in [3.05, 3.63) is 22.7 Å². The van der Waals surface area contributed by atoms with E-state index >= 15 is 0 Å². The zero-order valence-corrected chi connectivity index (χ0v) is 11.0. The molecule has 1 aliphatic rings. The maximum Gasteiger partial charge on any atom is 0.289 e. The normalized spacial score (nSPS) is 15.2. The summed E-state index contributed by atoms with van der Waals surface area (Å²) in [7, 11) is 0. The number of alkyl halides is 2. The van der Waals surface area contributed by atoms with Crippen LogP contribution < -0.4 is 4.74 Å². The van der Waals surface area contributed by atoms with Gasteiger partial charge in [0.25, 0.3) is 6.43 Å². The van der Waals surface area contributed by atoms with E-state index in [9.17, 15) is 13.6 Å². The fraction of sp³-hybridized carbons (Fsp3) is 0.385. The van der Waals surface area contributed by atoms with Crippen molar-refractivity contribution in [3.8, 4) is 5.75 Å². The average molecular weight is 283 g/mol. The summed E-state index contributed by atoms with van der Waals surface area (Å²) in [5.74, 6) is 0.322. The largest absolute Gasteiger partial charge is 0.488 e. The van der Waals surface area contributed by atoms with Crippen molar-refractivity contribution in [2.75, 3.05) is 0 Å². The summed E-state index contributed by atoms with van der Waals surface area (Å²) in [6.07, 6.45) is -0.566. The molecular formula is C13H11F2NO2S. The van der Waals surface area contributed by atoms with Gasteiger partial charge < -0.3 is 4.74 Å². The molecule has 0 unspecified atom stereocenters. The van der Waals surface area contributed by atoms with Crippen LogP contribution in [0.25, 0.3) is 10.2 Å². The first-order valence-electron chi connectivity index (χ1n) is 5.95. The first kappa shape index (κ1) is 12.5. The quantitative estimate of drug-likeness (QED) is 0.797. The molecule has 0 N–H and O–H groups in total. The summed E-state index contributed by atoms with van der Waals surface area (Å²) in [5, 5.41) is -0.239. The number of hydrogen-bond acceptors (Lipinski definition) is 4. The van der Waals surface area contributed by atoms with Gasteiger partial charge in [-0.1, -0.05) is 0 Å². The van der Waals surface area contributed by atoms with Crippen molar-refractivity contribution in [2.45, 2.75) is 32.3 Å². The van der Waals surface area contributed by atoms with E-state index in [1.165, 1.54) is 6.92 Å². The highest BCUT2D eigenvalue weighted by atomic mass is 32.1. The Labute approximate surface area is 112 Å². The molecule has 0 amide bonds. The topological polar surface area (TPSA) is 39.2 Å². The summed E-state index contributed by atoms with van der Waals surface area (Å²) in [4.78, 5) is 15.4. The molecule has 0 aliphatic heterocycles. The summed E-state index contributed by atoms with van der Waals surface area (Å²) >= 11 is 0.905. The predicted molar refractivity (Wildman–Crippen MR) is 68.2 cm³/mol. The molecule has 0 saturated heterocycles. The van der Waals surface area contributed by atoms with Gasteiger partial charge in [0.05, 0.1) is 10.8 Å². The van der Waals surface area contributed by atoms with E-state index in [4.69, 9.17) is 4.74 Å². The van der Waals surface area contributed by atoms with Crippen molar-refractivity contribution in [2.24, 2.45) is 0 Å². The molecule has 0 radical (unpaired) electrons. The second-order valence-corrected chi connectivity index (χ2v) is 5.61. The number of ketones is 1. The molecule has 1 aromatic heterocycles. The van der Waals surface area contributed by atoms with Crippen LogP contribution in [-0.4, -0.2) is 16.9 Å². The minimum Gasteiger partial charge on any atom is -0.488 e. The van der Waals surface area contributed by atoms with Crippen molar-refractivity contribution in [1.82, 2.24) is 4.98 Å². The molecule has 1 saturated carbocycles. The first-order chi connectivity index (χ1) is 9.04. The van der Waals surface area contributed by atoms with Crippen molar-refractivity contribution in [1.29, 1.82) is 0 Å². The van der Waals surface area contributed by atoms with E-state index in [1.54, 1.807) is 12.1 Å². The number of Topliss-reactive ketones (excluding diaryl/α,β-unsaturated/α-hetero) is 1. The Morgan fingerprint density at radius 1 is 1.47 bits per heavy atom. The van der Waals surface area contributed by atoms with E-state index in [1.807, 2.05) is 0 Å². The van der Waals surface area contributed by atoms with E-state index in [-0.39, 0.29) is 16.9 Å². The number of nitrogens with zero attached hydrogens (tertiary/aromatic N) is 1. The van der Waals surface area contributed by atoms with Crippen LogP contribution in [0, 0.1) is 0 Å². The molecule has 0 atom stereocenters. The third-order valence-electron chi connectivity index (χ3n) is 2.89. The molecule has 0 bridgehead atoms. The van der Waals surface area contributed by atoms with E-state index in [0.29, 0.717) is 21.5 Å². The van der Waals surface area contributed by atoms with Gasteiger partial charge in [0, 0.05) is 5.56 Å². The number of rotatable bonds is 4. The zero-order chi connectivity index (χ0) is 13.6. The summed E-state index contributed by atoms with van der Waals surface area (Å²) in [6.45, 7) is 1.44. The van der Waals surface area contributed by atoms with Crippen LogP contribution in [0.5, 0.6) is 5.75 Å². The summed E-state index contributed by atoms with van der Waals surface area (Å²) in [5.41, 5.74) is 0.893. The van der Waals surface area contributed by atoms with Crippen LogP contribution in [0.2, 0.25) is 0 Å². The molecule has 19 heavy (non-hydrogen) atoms. The third kappa shape index (κ3) is 2.45. The molecule has 1 aromatic carbocycles. The fourth-order valence-electron chi connectivity index (χ4n) is 1.77. The molecule has 1 heterocycles. The maximum absolute atomic E-state index is 12.7. The average Bonchev–Trinajstić information content (AvgIpc) is 3.04. The third-order valence-corrected chi connectivity index (χ3v) is 3.90. The van der Waals surface area contributed by atoms with Crippen LogP contribution in [0.4, 0.5) is 8.78 Å². The highest BCUT2D eigenvalue weighted by molar-refractivity contribution is 7.18. The summed E-state index contributed by atoms with van der Waals surface area (Å²) < 4.78 is 31.7. The predicted octanol–water partition coefficient (Wildman–Crippen LogP) is 3.98. The molecule has 1 aliphatic carbocycles. The molecule has 3 nitrogen and oxygen atoms in total. The number of ether oxygens (including phenoxy) is 1. The second kappa shape index (κ2) is 4.52.